The first-order valence-electron chi connectivity index (χ1n) is 10.1. The number of nitrogens with zero attached hydrogens (tertiary/aromatic N) is 1. The van der Waals surface area contributed by atoms with Gasteiger partial charge >= 0.3 is 0 Å². The van der Waals surface area contributed by atoms with Crippen LogP contribution in [0.1, 0.15) is 56.8 Å². The lowest BCUT2D eigenvalue weighted by molar-refractivity contribution is -0.122. The highest BCUT2D eigenvalue weighted by Gasteiger charge is 2.37. The summed E-state index contributed by atoms with van der Waals surface area (Å²) in [5.41, 5.74) is 7.04. The summed E-state index contributed by atoms with van der Waals surface area (Å²) >= 11 is 0. The molecule has 6 nitrogen and oxygen atoms in total. The Labute approximate surface area is 187 Å². The van der Waals surface area contributed by atoms with Gasteiger partial charge in [0.05, 0.1) is 5.92 Å². The van der Waals surface area contributed by atoms with Gasteiger partial charge in [0.15, 0.2) is 0 Å². The summed E-state index contributed by atoms with van der Waals surface area (Å²) in [4.78, 5) is 27.3. The van der Waals surface area contributed by atoms with Crippen LogP contribution in [0.5, 0.6) is 0 Å². The number of carbonyl (C=O) groups excluding carboxylic acids is 2. The van der Waals surface area contributed by atoms with Crippen molar-refractivity contribution in [3.63, 3.8) is 0 Å². The topological polar surface area (TPSA) is 87.5 Å². The molecule has 0 radical (unpaired) electrons. The molecule has 0 bridgehead atoms. The molecule has 2 unspecified atom stereocenters. The predicted molar refractivity (Wildman–Crippen MR) is 124 cm³/mol. The molecule has 1 aliphatic rings. The van der Waals surface area contributed by atoms with E-state index in [2.05, 4.69) is 29.4 Å². The summed E-state index contributed by atoms with van der Waals surface area (Å²) < 4.78 is 0. The van der Waals surface area contributed by atoms with E-state index in [9.17, 15) is 9.59 Å². The van der Waals surface area contributed by atoms with E-state index in [1.807, 2.05) is 6.92 Å². The van der Waals surface area contributed by atoms with Crippen LogP contribution in [0, 0.1) is 5.92 Å². The van der Waals surface area contributed by atoms with Crippen molar-refractivity contribution in [2.24, 2.45) is 11.7 Å². The van der Waals surface area contributed by atoms with Gasteiger partial charge < -0.3 is 21.3 Å². The van der Waals surface area contributed by atoms with Crippen molar-refractivity contribution in [2.75, 3.05) is 31.5 Å². The molecular weight excluding hydrogens is 411 g/mol. The normalized spacial score (nSPS) is 20.9. The van der Waals surface area contributed by atoms with Crippen molar-refractivity contribution in [3.8, 4) is 0 Å². The highest BCUT2D eigenvalue weighted by Crippen LogP contribution is 2.32. The highest BCUT2D eigenvalue weighted by molar-refractivity contribution is 5.98. The van der Waals surface area contributed by atoms with Crippen LogP contribution >= 0.6 is 24.8 Å². The van der Waals surface area contributed by atoms with Crippen molar-refractivity contribution in [1.82, 2.24) is 10.2 Å². The number of benzene rings is 1. The van der Waals surface area contributed by atoms with Crippen LogP contribution in [-0.2, 0) is 4.79 Å². The maximum absolute atomic E-state index is 12.7. The maximum atomic E-state index is 12.7. The number of anilines is 1. The molecule has 29 heavy (non-hydrogen) atoms. The van der Waals surface area contributed by atoms with E-state index >= 15 is 0 Å². The van der Waals surface area contributed by atoms with Crippen molar-refractivity contribution >= 4 is 42.3 Å². The number of likely N-dealkylation sites (N-methyl/N-ethyl adjacent to an activating group) is 1. The number of halogens is 2. The summed E-state index contributed by atoms with van der Waals surface area (Å²) in [6.07, 6.45) is 3.77. The summed E-state index contributed by atoms with van der Waals surface area (Å²) in [6.45, 7) is 9.53. The van der Waals surface area contributed by atoms with E-state index in [0.717, 1.165) is 45.3 Å². The zero-order valence-electron chi connectivity index (χ0n) is 17.7. The second kappa shape index (κ2) is 13.1. The molecule has 0 heterocycles. The zero-order chi connectivity index (χ0) is 19.9. The molecule has 0 aliphatic heterocycles. The molecule has 0 saturated heterocycles. The molecule has 166 valence electrons. The van der Waals surface area contributed by atoms with E-state index in [4.69, 9.17) is 5.73 Å². The number of hydrogen-bond donors (Lipinski definition) is 3. The Kier molecular flexibility index (Phi) is 12.5. The summed E-state index contributed by atoms with van der Waals surface area (Å²) in [5.74, 6) is -0.379. The molecule has 2 atom stereocenters. The van der Waals surface area contributed by atoms with E-state index in [1.54, 1.807) is 24.3 Å². The number of nitrogens with two attached hydrogens (primary N) is 1. The van der Waals surface area contributed by atoms with Crippen LogP contribution in [0.15, 0.2) is 24.3 Å². The van der Waals surface area contributed by atoms with E-state index in [0.29, 0.717) is 17.8 Å². The van der Waals surface area contributed by atoms with Crippen LogP contribution in [0.25, 0.3) is 0 Å². The Hall–Kier alpha value is -1.34. The van der Waals surface area contributed by atoms with Gasteiger partial charge in [-0.05, 0) is 51.1 Å². The standard InChI is InChI=1S/C21H34N4O2.2ClH/c1-4-25(5-2)14-13-23-19(26)16-9-8-10-17(15-16)24-20(27)18-11-6-7-12-21(18,3)22;;/h8-10,15,18H,4-7,11-14,22H2,1-3H3,(H,23,26)(H,24,27);2*1H. The lowest BCUT2D eigenvalue weighted by Gasteiger charge is -2.37. The van der Waals surface area contributed by atoms with Gasteiger partial charge in [-0.3, -0.25) is 9.59 Å². The van der Waals surface area contributed by atoms with Gasteiger partial charge in [-0.15, -0.1) is 24.8 Å². The van der Waals surface area contributed by atoms with Crippen LogP contribution in [-0.4, -0.2) is 48.4 Å². The van der Waals surface area contributed by atoms with Crippen LogP contribution in [0.4, 0.5) is 5.69 Å². The first kappa shape index (κ1) is 27.7. The molecule has 4 N–H and O–H groups in total. The molecule has 2 rings (SSSR count). The molecule has 8 heteroatoms. The Balaban J connectivity index is 0.00000392. The van der Waals surface area contributed by atoms with Crippen LogP contribution in [0.3, 0.4) is 0 Å². The predicted octanol–water partition coefficient (Wildman–Crippen LogP) is 3.45. The van der Waals surface area contributed by atoms with Gasteiger partial charge in [-0.1, -0.05) is 32.8 Å². The Bertz CT molecular complexity index is 651. The Morgan fingerprint density at radius 3 is 2.52 bits per heavy atom. The SMILES string of the molecule is CCN(CC)CCNC(=O)c1cccc(NC(=O)C2CCCCC2(C)N)c1.Cl.Cl. The molecule has 1 fully saturated rings. The summed E-state index contributed by atoms with van der Waals surface area (Å²) in [6, 6.07) is 7.08. The maximum Gasteiger partial charge on any atom is 0.251 e. The molecule has 0 spiro atoms. The van der Waals surface area contributed by atoms with Crippen LogP contribution < -0.4 is 16.4 Å². The second-order valence-electron chi connectivity index (χ2n) is 7.66. The van der Waals surface area contributed by atoms with E-state index in [-0.39, 0.29) is 42.5 Å². The fourth-order valence-electron chi connectivity index (χ4n) is 3.73. The van der Waals surface area contributed by atoms with Crippen LogP contribution in [0.2, 0.25) is 0 Å². The summed E-state index contributed by atoms with van der Waals surface area (Å²) in [5, 5.41) is 5.89. The smallest absolute Gasteiger partial charge is 0.251 e. The van der Waals surface area contributed by atoms with Gasteiger partial charge in [-0.2, -0.15) is 0 Å². The third kappa shape index (κ3) is 8.13. The fourth-order valence-corrected chi connectivity index (χ4v) is 3.73. The first-order chi connectivity index (χ1) is 12.9. The van der Waals surface area contributed by atoms with Gasteiger partial charge in [0.1, 0.15) is 0 Å². The van der Waals surface area contributed by atoms with E-state index < -0.39 is 5.54 Å². The number of hydrogen-bond acceptors (Lipinski definition) is 4. The first-order valence-corrected chi connectivity index (χ1v) is 10.1. The minimum absolute atomic E-state index is 0. The van der Waals surface area contributed by atoms with Crippen molar-refractivity contribution in [3.05, 3.63) is 29.8 Å². The van der Waals surface area contributed by atoms with Gasteiger partial charge in [0, 0.05) is 29.9 Å². The second-order valence-corrected chi connectivity index (χ2v) is 7.66. The fraction of sp³-hybridized carbons (Fsp3) is 0.619. The minimum atomic E-state index is -0.470. The Morgan fingerprint density at radius 1 is 1.21 bits per heavy atom. The van der Waals surface area contributed by atoms with Gasteiger partial charge in [0.25, 0.3) is 5.91 Å². The average Bonchev–Trinajstić information content (AvgIpc) is 2.64. The van der Waals surface area contributed by atoms with Crippen molar-refractivity contribution < 1.29 is 9.59 Å². The van der Waals surface area contributed by atoms with Crippen molar-refractivity contribution in [1.29, 1.82) is 0 Å². The number of amides is 2. The number of nitrogens with one attached hydrogen (secondary N) is 2. The lowest BCUT2D eigenvalue weighted by Crippen LogP contribution is -2.51. The molecule has 1 saturated carbocycles. The monoisotopic (exact) mass is 446 g/mol. The van der Waals surface area contributed by atoms with Gasteiger partial charge in [-0.25, -0.2) is 0 Å². The molecule has 1 aliphatic carbocycles. The minimum Gasteiger partial charge on any atom is -0.351 e. The molecule has 1 aromatic rings. The molecule has 1 aromatic carbocycles. The number of rotatable bonds is 8. The third-order valence-electron chi connectivity index (χ3n) is 5.57. The molecule has 0 aromatic heterocycles. The highest BCUT2D eigenvalue weighted by atomic mass is 35.5. The average molecular weight is 447 g/mol. The third-order valence-corrected chi connectivity index (χ3v) is 5.57. The largest absolute Gasteiger partial charge is 0.351 e. The number of carbonyl (C=O) groups is 2. The summed E-state index contributed by atoms with van der Waals surface area (Å²) in [7, 11) is 0. The zero-order valence-corrected chi connectivity index (χ0v) is 19.3. The molecule has 2 amide bonds. The quantitative estimate of drug-likeness (QED) is 0.570. The van der Waals surface area contributed by atoms with E-state index in [1.165, 1.54) is 0 Å². The van der Waals surface area contributed by atoms with Crippen molar-refractivity contribution in [2.45, 2.75) is 52.0 Å². The van der Waals surface area contributed by atoms with Gasteiger partial charge in [0.2, 0.25) is 5.91 Å². The Morgan fingerprint density at radius 2 is 1.90 bits per heavy atom. The molecular formula is C21H36Cl2N4O2. The lowest BCUT2D eigenvalue weighted by atomic mass is 9.74.